The van der Waals surface area contributed by atoms with Crippen LogP contribution in [-0.4, -0.2) is 37.5 Å². The Morgan fingerprint density at radius 2 is 1.17 bits per heavy atom. The number of hydrogen-bond donors (Lipinski definition) is 0. The Hall–Kier alpha value is -2.82. The second-order valence-electron chi connectivity index (χ2n) is 7.10. The number of benzene rings is 3. The molecule has 0 bridgehead atoms. The number of hydrogen-bond acceptors (Lipinski definition) is 5. The molecule has 3 aromatic rings. The molecule has 0 saturated heterocycles. The van der Waals surface area contributed by atoms with Gasteiger partial charge in [-0.2, -0.15) is 8.78 Å². The molecule has 0 aliphatic rings. The summed E-state index contributed by atoms with van der Waals surface area (Å²) in [6, 6.07) is 32.2. The number of halogens is 3. The number of alkyl halides is 3. The maximum Gasteiger partial charge on any atom is 0.428 e. The first-order valence-corrected chi connectivity index (χ1v) is 13.3. The zero-order chi connectivity index (χ0) is 25.7. The summed E-state index contributed by atoms with van der Waals surface area (Å²) in [7, 11) is -6.08. The number of esters is 1. The van der Waals surface area contributed by atoms with Crippen LogP contribution in [0, 0.1) is 0 Å². The number of unbranched alkanes of at least 4 members (excludes halogenated alkanes) is 2. The summed E-state index contributed by atoms with van der Waals surface area (Å²) in [5.74, 6) is -2.40. The van der Waals surface area contributed by atoms with Gasteiger partial charge >= 0.3 is 11.2 Å². The predicted octanol–water partition coefficient (Wildman–Crippen LogP) is 5.59. The van der Waals surface area contributed by atoms with Crippen LogP contribution < -0.4 is 0 Å². The van der Waals surface area contributed by atoms with Crippen LogP contribution in [0.15, 0.2) is 106 Å². The van der Waals surface area contributed by atoms with Gasteiger partial charge in [-0.1, -0.05) is 54.6 Å². The Morgan fingerprint density at radius 3 is 1.51 bits per heavy atom. The van der Waals surface area contributed by atoms with Crippen LogP contribution in [0.25, 0.3) is 0 Å². The van der Waals surface area contributed by atoms with E-state index < -0.39 is 34.6 Å². The van der Waals surface area contributed by atoms with Crippen molar-refractivity contribution in [3.63, 3.8) is 0 Å². The Morgan fingerprint density at radius 1 is 0.771 bits per heavy atom. The third-order valence-electron chi connectivity index (χ3n) is 4.50. The van der Waals surface area contributed by atoms with Crippen LogP contribution in [0.3, 0.4) is 0 Å². The van der Waals surface area contributed by atoms with Crippen molar-refractivity contribution in [3.8, 4) is 0 Å². The van der Waals surface area contributed by atoms with Gasteiger partial charge in [-0.25, -0.2) is 13.2 Å². The monoisotopic (exact) mass is 526 g/mol. The molecule has 3 aromatic carbocycles. The summed E-state index contributed by atoms with van der Waals surface area (Å²) >= 11 is 0. The summed E-state index contributed by atoms with van der Waals surface area (Å²) in [5, 5.41) is -5.08. The van der Waals surface area contributed by atoms with E-state index >= 15 is 0 Å². The van der Waals surface area contributed by atoms with Gasteiger partial charge in [0.1, 0.15) is 0 Å². The molecule has 5 nitrogen and oxygen atoms in total. The first-order valence-electron chi connectivity index (χ1n) is 10.6. The van der Waals surface area contributed by atoms with Gasteiger partial charge in [-0.05, 0) is 55.7 Å². The van der Waals surface area contributed by atoms with Crippen molar-refractivity contribution in [1.82, 2.24) is 0 Å². The molecule has 188 valence electrons. The third-order valence-corrected chi connectivity index (χ3v) is 7.52. The first-order chi connectivity index (χ1) is 16.7. The second-order valence-corrected chi connectivity index (χ2v) is 10.5. The van der Waals surface area contributed by atoms with Crippen LogP contribution in [0.2, 0.25) is 0 Å². The van der Waals surface area contributed by atoms with Gasteiger partial charge < -0.3 is 9.29 Å². The quantitative estimate of drug-likeness (QED) is 0.149. The molecule has 0 aliphatic heterocycles. The van der Waals surface area contributed by atoms with Gasteiger partial charge in [0, 0.05) is 0 Å². The molecule has 10 heteroatoms. The lowest BCUT2D eigenvalue weighted by molar-refractivity contribution is -0.161. The molecule has 0 spiro atoms. The van der Waals surface area contributed by atoms with Crippen molar-refractivity contribution in [1.29, 1.82) is 0 Å². The van der Waals surface area contributed by atoms with Gasteiger partial charge in [0.05, 0.1) is 24.2 Å². The summed E-state index contributed by atoms with van der Waals surface area (Å²) in [5.41, 5.74) is 0. The Kier molecular flexibility index (Phi) is 11.3. The molecular weight excluding hydrogens is 501 g/mol. The van der Waals surface area contributed by atoms with E-state index in [4.69, 9.17) is 0 Å². The van der Waals surface area contributed by atoms with E-state index in [9.17, 15) is 30.9 Å². The molecule has 0 unspecified atom stereocenters. The number of ether oxygens (including phenoxy) is 1. The molecule has 0 N–H and O–H groups in total. The molecular formula is C25H25F3O5S2. The van der Waals surface area contributed by atoms with E-state index in [1.807, 2.05) is 0 Å². The molecule has 0 fully saturated rings. The smallest absolute Gasteiger partial charge is 0.428 e. The molecule has 0 aromatic heterocycles. The number of carbonyl (C=O) groups excluding carboxylic acids is 1. The Bertz CT molecular complexity index is 1040. The lowest BCUT2D eigenvalue weighted by Crippen LogP contribution is -2.39. The zero-order valence-corrected chi connectivity index (χ0v) is 20.3. The van der Waals surface area contributed by atoms with Crippen molar-refractivity contribution in [2.75, 3.05) is 13.3 Å². The number of carbonyl (C=O) groups is 1. The highest BCUT2D eigenvalue weighted by atomic mass is 32.2. The Balaban J connectivity index is 0.000000252. The topological polar surface area (TPSA) is 83.5 Å². The molecule has 0 amide bonds. The number of rotatable bonds is 10. The zero-order valence-electron chi connectivity index (χ0n) is 18.7. The Labute approximate surface area is 206 Å². The normalized spacial score (nSPS) is 11.5. The van der Waals surface area contributed by atoms with Gasteiger partial charge in [0.25, 0.3) is 0 Å². The molecule has 0 aliphatic carbocycles. The fourth-order valence-corrected chi connectivity index (χ4v) is 5.17. The molecule has 3 rings (SSSR count). The minimum absolute atomic E-state index is 0.0146. The van der Waals surface area contributed by atoms with E-state index in [0.717, 1.165) is 0 Å². The molecule has 35 heavy (non-hydrogen) atoms. The largest absolute Gasteiger partial charge is 0.743 e. The van der Waals surface area contributed by atoms with Crippen molar-refractivity contribution in [2.24, 2.45) is 0 Å². The van der Waals surface area contributed by atoms with Crippen molar-refractivity contribution < 1.29 is 35.7 Å². The van der Waals surface area contributed by atoms with E-state index in [0.29, 0.717) is 6.42 Å². The van der Waals surface area contributed by atoms with Crippen LogP contribution in [0.5, 0.6) is 0 Å². The van der Waals surface area contributed by atoms with Crippen LogP contribution in [0.4, 0.5) is 13.2 Å². The van der Waals surface area contributed by atoms with Gasteiger partial charge in [-0.15, -0.1) is 0 Å². The maximum atomic E-state index is 12.5. The fraction of sp³-hybridized carbons (Fsp3) is 0.240. The van der Waals surface area contributed by atoms with Gasteiger partial charge in [-0.3, -0.25) is 4.39 Å². The molecule has 0 atom stereocenters. The third kappa shape index (κ3) is 8.72. The maximum absolute atomic E-state index is 12.5. The van der Waals surface area contributed by atoms with Crippen LogP contribution >= 0.6 is 0 Å². The van der Waals surface area contributed by atoms with E-state index in [-0.39, 0.29) is 23.7 Å². The summed E-state index contributed by atoms with van der Waals surface area (Å²) in [6.45, 7) is -1.07. The van der Waals surface area contributed by atoms with E-state index in [1.165, 1.54) is 14.7 Å². The van der Waals surface area contributed by atoms with Crippen LogP contribution in [0.1, 0.15) is 19.3 Å². The summed E-state index contributed by atoms with van der Waals surface area (Å²) in [6.07, 6.45) is 0.609. The fourth-order valence-electron chi connectivity index (χ4n) is 2.80. The molecule has 0 radical (unpaired) electrons. The van der Waals surface area contributed by atoms with Crippen molar-refractivity contribution >= 4 is 27.0 Å². The summed E-state index contributed by atoms with van der Waals surface area (Å²) < 4.78 is 70.3. The highest BCUT2D eigenvalue weighted by molar-refractivity contribution is 7.97. The SMILES string of the molecule is O=C(OCCCCCF)C(F)(F)S(=O)(=O)[O-].c1ccc([S+](c2ccccc2)c2ccccc2)cc1. The highest BCUT2D eigenvalue weighted by Crippen LogP contribution is 2.30. The highest BCUT2D eigenvalue weighted by Gasteiger charge is 2.48. The van der Waals surface area contributed by atoms with Crippen molar-refractivity contribution in [3.05, 3.63) is 91.0 Å². The standard InChI is InChI=1S/C18H15S.C7H11F3O5S/c1-4-10-16(11-5-1)19(17-12-6-2-7-13-17)18-14-8-3-9-15-18;8-4-2-1-3-5-15-6(11)7(9,10)16(12,13)14/h1-15H;1-5H2,(H,12,13,14)/q+1;/p-1. The van der Waals surface area contributed by atoms with Gasteiger partial charge in [0.2, 0.25) is 0 Å². The van der Waals surface area contributed by atoms with E-state index in [2.05, 4.69) is 95.7 Å². The van der Waals surface area contributed by atoms with Crippen molar-refractivity contribution in [2.45, 2.75) is 39.2 Å². The summed E-state index contributed by atoms with van der Waals surface area (Å²) in [4.78, 5) is 14.6. The predicted molar refractivity (Wildman–Crippen MR) is 127 cm³/mol. The minimum Gasteiger partial charge on any atom is -0.743 e. The second kappa shape index (κ2) is 13.9. The average Bonchev–Trinajstić information content (AvgIpc) is 2.86. The average molecular weight is 527 g/mol. The lowest BCUT2D eigenvalue weighted by Gasteiger charge is -2.17. The van der Waals surface area contributed by atoms with Gasteiger partial charge in [0.15, 0.2) is 24.8 Å². The first kappa shape index (κ1) is 28.4. The minimum atomic E-state index is -6.07. The van der Waals surface area contributed by atoms with Crippen LogP contribution in [-0.2, 0) is 30.5 Å². The van der Waals surface area contributed by atoms with E-state index in [1.54, 1.807) is 0 Å². The molecule has 0 saturated carbocycles. The molecule has 0 heterocycles. The lowest BCUT2D eigenvalue weighted by atomic mass is 10.3.